The van der Waals surface area contributed by atoms with Crippen LogP contribution in [0.15, 0.2) is 18.2 Å². The van der Waals surface area contributed by atoms with E-state index in [1.807, 2.05) is 0 Å². The average molecular weight is 397 g/mol. The van der Waals surface area contributed by atoms with Gasteiger partial charge in [-0.15, -0.1) is 0 Å². The summed E-state index contributed by atoms with van der Waals surface area (Å²) in [6.07, 6.45) is 10.7. The van der Waals surface area contributed by atoms with Gasteiger partial charge in [0.2, 0.25) is 5.91 Å². The number of ether oxygens (including phenoxy) is 1. The molecule has 3 heterocycles. The smallest absolute Gasteiger partial charge is 0.225 e. The molecule has 1 aromatic carbocycles. The van der Waals surface area contributed by atoms with Gasteiger partial charge in [0, 0.05) is 51.4 Å². The van der Waals surface area contributed by atoms with Crippen LogP contribution < -0.4 is 0 Å². The molecule has 3 aliphatic heterocycles. The molecule has 4 aliphatic rings. The van der Waals surface area contributed by atoms with Crippen LogP contribution in [-0.2, 0) is 22.4 Å². The molecule has 0 atom stereocenters. The number of fused-ring (bicyclic) bond motifs is 1. The first-order valence-electron chi connectivity index (χ1n) is 12.0. The number of nitrogens with zero attached hydrogens (tertiary/aromatic N) is 2. The van der Waals surface area contributed by atoms with Gasteiger partial charge in [-0.3, -0.25) is 9.69 Å². The highest BCUT2D eigenvalue weighted by Crippen LogP contribution is 2.33. The second-order valence-corrected chi connectivity index (χ2v) is 9.64. The van der Waals surface area contributed by atoms with E-state index in [4.69, 9.17) is 4.74 Å². The van der Waals surface area contributed by atoms with E-state index in [2.05, 4.69) is 28.0 Å². The van der Waals surface area contributed by atoms with E-state index in [9.17, 15) is 4.79 Å². The third-order valence-corrected chi connectivity index (χ3v) is 8.01. The SMILES string of the molecule is O=C(C1CCOCC1)N1CCC(c2ccc3c(c2)CCN(C2CCC2)CC3)CC1. The minimum Gasteiger partial charge on any atom is -0.381 e. The van der Waals surface area contributed by atoms with Crippen LogP contribution in [0.2, 0.25) is 0 Å². The number of hydrogen-bond donors (Lipinski definition) is 0. The molecule has 1 amide bonds. The number of likely N-dealkylation sites (tertiary alicyclic amines) is 1. The first kappa shape index (κ1) is 19.6. The number of benzene rings is 1. The van der Waals surface area contributed by atoms with Crippen molar-refractivity contribution in [2.24, 2.45) is 5.92 Å². The normalized spacial score (nSPS) is 25.3. The molecule has 1 aromatic rings. The van der Waals surface area contributed by atoms with Gasteiger partial charge >= 0.3 is 0 Å². The van der Waals surface area contributed by atoms with Gasteiger partial charge in [-0.1, -0.05) is 24.6 Å². The Balaban J connectivity index is 1.18. The summed E-state index contributed by atoms with van der Waals surface area (Å²) in [5.74, 6) is 1.20. The standard InChI is InChI=1S/C25H36N2O2/c28-25(21-10-16-29-17-11-21)27-14-7-20(8-15-27)22-5-4-19-6-12-26(24-2-1-3-24)13-9-23(19)18-22/h4-5,18,20-21,24H,1-3,6-17H2. The Morgan fingerprint density at radius 1 is 0.862 bits per heavy atom. The van der Waals surface area contributed by atoms with Crippen molar-refractivity contribution in [1.29, 1.82) is 0 Å². The monoisotopic (exact) mass is 396 g/mol. The summed E-state index contributed by atoms with van der Waals surface area (Å²) < 4.78 is 5.42. The van der Waals surface area contributed by atoms with Gasteiger partial charge < -0.3 is 9.64 Å². The van der Waals surface area contributed by atoms with Crippen LogP contribution in [0.1, 0.15) is 67.6 Å². The van der Waals surface area contributed by atoms with E-state index in [0.29, 0.717) is 11.8 Å². The Morgan fingerprint density at radius 2 is 1.59 bits per heavy atom. The van der Waals surface area contributed by atoms with Crippen molar-refractivity contribution in [2.45, 2.75) is 69.7 Å². The Hall–Kier alpha value is -1.39. The molecule has 0 N–H and O–H groups in total. The van der Waals surface area contributed by atoms with Crippen LogP contribution in [-0.4, -0.2) is 61.1 Å². The van der Waals surface area contributed by atoms with Gasteiger partial charge in [-0.25, -0.2) is 0 Å². The molecular weight excluding hydrogens is 360 g/mol. The number of carbonyl (C=O) groups excluding carboxylic acids is 1. The van der Waals surface area contributed by atoms with Crippen molar-refractivity contribution in [1.82, 2.24) is 9.80 Å². The molecule has 4 nitrogen and oxygen atoms in total. The van der Waals surface area contributed by atoms with Gasteiger partial charge in [0.15, 0.2) is 0 Å². The van der Waals surface area contributed by atoms with Crippen molar-refractivity contribution >= 4 is 5.91 Å². The zero-order valence-electron chi connectivity index (χ0n) is 17.8. The van der Waals surface area contributed by atoms with E-state index < -0.39 is 0 Å². The van der Waals surface area contributed by atoms with Gasteiger partial charge in [0.05, 0.1) is 0 Å². The van der Waals surface area contributed by atoms with Crippen LogP contribution in [0.25, 0.3) is 0 Å². The second kappa shape index (κ2) is 8.77. The topological polar surface area (TPSA) is 32.8 Å². The van der Waals surface area contributed by atoms with Crippen LogP contribution in [0.5, 0.6) is 0 Å². The largest absolute Gasteiger partial charge is 0.381 e. The minimum absolute atomic E-state index is 0.200. The molecule has 1 aliphatic carbocycles. The maximum absolute atomic E-state index is 12.8. The van der Waals surface area contributed by atoms with Gasteiger partial charge in [0.1, 0.15) is 0 Å². The van der Waals surface area contributed by atoms with E-state index in [1.54, 1.807) is 11.1 Å². The van der Waals surface area contributed by atoms with Crippen molar-refractivity contribution in [3.05, 3.63) is 34.9 Å². The summed E-state index contributed by atoms with van der Waals surface area (Å²) >= 11 is 0. The Morgan fingerprint density at radius 3 is 2.28 bits per heavy atom. The zero-order valence-corrected chi connectivity index (χ0v) is 17.8. The summed E-state index contributed by atoms with van der Waals surface area (Å²) in [6.45, 7) is 5.82. The quantitative estimate of drug-likeness (QED) is 0.780. The molecule has 29 heavy (non-hydrogen) atoms. The summed E-state index contributed by atoms with van der Waals surface area (Å²) in [6, 6.07) is 8.18. The zero-order chi connectivity index (χ0) is 19.6. The third kappa shape index (κ3) is 4.25. The van der Waals surface area contributed by atoms with Gasteiger partial charge in [0.25, 0.3) is 0 Å². The molecule has 158 valence electrons. The fourth-order valence-electron chi connectivity index (χ4n) is 5.77. The number of piperidine rings is 1. The molecular formula is C25H36N2O2. The van der Waals surface area contributed by atoms with Crippen molar-refractivity contribution in [3.63, 3.8) is 0 Å². The van der Waals surface area contributed by atoms with Crippen LogP contribution in [0.4, 0.5) is 0 Å². The molecule has 0 spiro atoms. The lowest BCUT2D eigenvalue weighted by atomic mass is 9.86. The number of amides is 1. The predicted molar refractivity (Wildman–Crippen MR) is 115 cm³/mol. The van der Waals surface area contributed by atoms with Crippen molar-refractivity contribution < 1.29 is 9.53 Å². The fourth-order valence-corrected chi connectivity index (χ4v) is 5.77. The van der Waals surface area contributed by atoms with Crippen LogP contribution in [0.3, 0.4) is 0 Å². The first-order valence-corrected chi connectivity index (χ1v) is 12.0. The summed E-state index contributed by atoms with van der Waals surface area (Å²) in [7, 11) is 0. The minimum atomic E-state index is 0.200. The van der Waals surface area contributed by atoms with Crippen molar-refractivity contribution in [3.8, 4) is 0 Å². The maximum atomic E-state index is 12.8. The summed E-state index contributed by atoms with van der Waals surface area (Å²) in [5, 5.41) is 0. The third-order valence-electron chi connectivity index (χ3n) is 8.01. The van der Waals surface area contributed by atoms with E-state index in [1.165, 1.54) is 50.8 Å². The number of hydrogen-bond acceptors (Lipinski definition) is 3. The highest BCUT2D eigenvalue weighted by molar-refractivity contribution is 5.79. The van der Waals surface area contributed by atoms with E-state index >= 15 is 0 Å². The Bertz CT molecular complexity index is 716. The molecule has 0 unspecified atom stereocenters. The molecule has 2 saturated heterocycles. The van der Waals surface area contributed by atoms with Crippen molar-refractivity contribution in [2.75, 3.05) is 39.4 Å². The van der Waals surface area contributed by atoms with E-state index in [-0.39, 0.29) is 5.92 Å². The molecule has 5 rings (SSSR count). The lowest BCUT2D eigenvalue weighted by Gasteiger charge is -2.36. The summed E-state index contributed by atoms with van der Waals surface area (Å²) in [4.78, 5) is 17.7. The highest BCUT2D eigenvalue weighted by atomic mass is 16.5. The second-order valence-electron chi connectivity index (χ2n) is 9.64. The molecule has 0 bridgehead atoms. The van der Waals surface area contributed by atoms with Gasteiger partial charge in [-0.2, -0.15) is 0 Å². The lowest BCUT2D eigenvalue weighted by molar-refractivity contribution is -0.139. The average Bonchev–Trinajstić information content (AvgIpc) is 2.95. The highest BCUT2D eigenvalue weighted by Gasteiger charge is 2.30. The molecule has 3 fully saturated rings. The summed E-state index contributed by atoms with van der Waals surface area (Å²) in [5.41, 5.74) is 4.67. The Kier molecular flexibility index (Phi) is 5.92. The number of rotatable bonds is 3. The fraction of sp³-hybridized carbons (Fsp3) is 0.720. The molecule has 1 saturated carbocycles. The molecule has 4 heteroatoms. The lowest BCUT2D eigenvalue weighted by Crippen LogP contribution is -2.42. The van der Waals surface area contributed by atoms with Gasteiger partial charge in [-0.05, 0) is 74.0 Å². The van der Waals surface area contributed by atoms with Crippen LogP contribution in [0, 0.1) is 5.92 Å². The molecule has 0 radical (unpaired) electrons. The predicted octanol–water partition coefficient (Wildman–Crippen LogP) is 3.77. The number of carbonyl (C=O) groups is 1. The Labute approximate surface area is 175 Å². The molecule has 0 aromatic heterocycles. The van der Waals surface area contributed by atoms with Crippen LogP contribution >= 0.6 is 0 Å². The van der Waals surface area contributed by atoms with E-state index in [0.717, 1.165) is 58.0 Å². The first-order chi connectivity index (χ1) is 14.3. The maximum Gasteiger partial charge on any atom is 0.225 e.